The smallest absolute Gasteiger partial charge is 0.352 e. The van der Waals surface area contributed by atoms with Gasteiger partial charge >= 0.3 is 6.18 Å². The summed E-state index contributed by atoms with van der Waals surface area (Å²) in [6.45, 7) is 0. The van der Waals surface area contributed by atoms with Crippen molar-refractivity contribution in [2.75, 3.05) is 0 Å². The van der Waals surface area contributed by atoms with Crippen LogP contribution in [0.5, 0.6) is 0 Å². The van der Waals surface area contributed by atoms with Crippen molar-refractivity contribution < 1.29 is 18.0 Å². The highest BCUT2D eigenvalue weighted by Gasteiger charge is 2.33. The number of nitrogens with one attached hydrogen (secondary N) is 1. The topological polar surface area (TPSA) is 54.9 Å². The van der Waals surface area contributed by atoms with Gasteiger partial charge in [0.15, 0.2) is 5.16 Å². The number of hydrogen-bond donors (Lipinski definition) is 1. The first-order valence-corrected chi connectivity index (χ1v) is 9.73. The van der Waals surface area contributed by atoms with E-state index in [1.54, 1.807) is 24.3 Å². The zero-order valence-electron chi connectivity index (χ0n) is 14.6. The van der Waals surface area contributed by atoms with Gasteiger partial charge in [0.25, 0.3) is 0 Å². The molecule has 1 N–H and O–H groups in total. The molecule has 1 saturated carbocycles. The van der Waals surface area contributed by atoms with E-state index in [0.29, 0.717) is 5.56 Å². The first-order chi connectivity index (χ1) is 12.9. The average Bonchev–Trinajstić information content (AvgIpc) is 2.67. The molecule has 1 aromatic carbocycles. The largest absolute Gasteiger partial charge is 0.433 e. The summed E-state index contributed by atoms with van der Waals surface area (Å²) < 4.78 is 38.8. The summed E-state index contributed by atoms with van der Waals surface area (Å²) in [6, 6.07) is 9.92. The predicted molar refractivity (Wildman–Crippen MR) is 97.1 cm³/mol. The fourth-order valence-electron chi connectivity index (χ4n) is 3.09. The van der Waals surface area contributed by atoms with Gasteiger partial charge in [0, 0.05) is 12.2 Å². The molecule has 0 unspecified atom stereocenters. The zero-order chi connectivity index (χ0) is 19.3. The van der Waals surface area contributed by atoms with E-state index in [-0.39, 0.29) is 17.1 Å². The maximum atomic E-state index is 12.9. The summed E-state index contributed by atoms with van der Waals surface area (Å²) in [5.74, 6) is -0.223. The lowest BCUT2D eigenvalue weighted by Gasteiger charge is -2.25. The molecular formula is C19H20F3N3OS. The lowest BCUT2D eigenvalue weighted by atomic mass is 9.95. The molecule has 0 spiro atoms. The Morgan fingerprint density at radius 3 is 2.48 bits per heavy atom. The van der Waals surface area contributed by atoms with Crippen LogP contribution in [0.2, 0.25) is 0 Å². The van der Waals surface area contributed by atoms with E-state index in [0.717, 1.165) is 49.7 Å². The molecule has 3 rings (SSSR count). The lowest BCUT2D eigenvalue weighted by molar-refractivity contribution is -0.141. The molecule has 1 fully saturated rings. The SMILES string of the molecule is O=C(NC1CCCCC1)[C@@H](Sc1nccc(C(F)(F)F)n1)c1ccccc1. The van der Waals surface area contributed by atoms with Crippen LogP contribution in [0.4, 0.5) is 13.2 Å². The minimum absolute atomic E-state index is 0.0718. The third kappa shape index (κ3) is 5.45. The van der Waals surface area contributed by atoms with E-state index in [1.807, 2.05) is 6.07 Å². The summed E-state index contributed by atoms with van der Waals surface area (Å²) in [7, 11) is 0. The molecule has 0 aliphatic heterocycles. The van der Waals surface area contributed by atoms with Crippen molar-refractivity contribution in [2.45, 2.75) is 54.7 Å². The molecule has 1 aliphatic carbocycles. The minimum atomic E-state index is -4.55. The number of halogens is 3. The summed E-state index contributed by atoms with van der Waals surface area (Å²) in [4.78, 5) is 20.4. The Hall–Kier alpha value is -2.09. The Labute approximate surface area is 160 Å². The van der Waals surface area contributed by atoms with Crippen molar-refractivity contribution in [3.8, 4) is 0 Å². The highest BCUT2D eigenvalue weighted by molar-refractivity contribution is 8.00. The van der Waals surface area contributed by atoms with Crippen molar-refractivity contribution in [3.05, 3.63) is 53.9 Å². The molecule has 27 heavy (non-hydrogen) atoms. The predicted octanol–water partition coefficient (Wildman–Crippen LogP) is 4.78. The molecular weight excluding hydrogens is 375 g/mol. The van der Waals surface area contributed by atoms with Crippen LogP contribution in [0, 0.1) is 0 Å². The molecule has 1 aromatic heterocycles. The Morgan fingerprint density at radius 1 is 1.11 bits per heavy atom. The number of carbonyl (C=O) groups excluding carboxylic acids is 1. The monoisotopic (exact) mass is 395 g/mol. The van der Waals surface area contributed by atoms with Gasteiger partial charge in [-0.1, -0.05) is 61.4 Å². The van der Waals surface area contributed by atoms with Gasteiger partial charge in [0.05, 0.1) is 0 Å². The first kappa shape index (κ1) is 19.7. The van der Waals surface area contributed by atoms with Crippen LogP contribution in [-0.4, -0.2) is 21.9 Å². The van der Waals surface area contributed by atoms with E-state index in [9.17, 15) is 18.0 Å². The van der Waals surface area contributed by atoms with Gasteiger partial charge in [-0.25, -0.2) is 9.97 Å². The number of alkyl halides is 3. The number of nitrogens with zero attached hydrogens (tertiary/aromatic N) is 2. The second kappa shape index (κ2) is 8.73. The van der Waals surface area contributed by atoms with Gasteiger partial charge in [0.1, 0.15) is 10.9 Å². The van der Waals surface area contributed by atoms with E-state index < -0.39 is 17.1 Å². The number of thioether (sulfide) groups is 1. The van der Waals surface area contributed by atoms with Gasteiger partial charge in [-0.2, -0.15) is 13.2 Å². The number of aromatic nitrogens is 2. The van der Waals surface area contributed by atoms with Crippen molar-refractivity contribution in [1.29, 1.82) is 0 Å². The normalized spacial score (nSPS) is 16.7. The zero-order valence-corrected chi connectivity index (χ0v) is 15.4. The van der Waals surface area contributed by atoms with Crippen molar-refractivity contribution >= 4 is 17.7 Å². The highest BCUT2D eigenvalue weighted by atomic mass is 32.2. The number of benzene rings is 1. The molecule has 144 valence electrons. The number of rotatable bonds is 5. The van der Waals surface area contributed by atoms with Crippen LogP contribution >= 0.6 is 11.8 Å². The van der Waals surface area contributed by atoms with E-state index in [1.165, 1.54) is 6.42 Å². The standard InChI is InChI=1S/C19H20F3N3OS/c20-19(21,22)15-11-12-23-18(25-15)27-16(13-7-3-1-4-8-13)17(26)24-14-9-5-2-6-10-14/h1,3-4,7-8,11-12,14,16H,2,5-6,9-10H2,(H,24,26)/t16-/m0/s1. The molecule has 1 heterocycles. The van der Waals surface area contributed by atoms with Gasteiger partial charge in [-0.15, -0.1) is 0 Å². The Kier molecular flexibility index (Phi) is 6.36. The van der Waals surface area contributed by atoms with Crippen LogP contribution in [-0.2, 0) is 11.0 Å². The lowest BCUT2D eigenvalue weighted by Crippen LogP contribution is -2.38. The summed E-state index contributed by atoms with van der Waals surface area (Å²) in [5, 5.41) is 2.26. The van der Waals surface area contributed by atoms with Gasteiger partial charge in [-0.05, 0) is 24.5 Å². The maximum Gasteiger partial charge on any atom is 0.433 e. The summed E-state index contributed by atoms with van der Waals surface area (Å²) in [5.41, 5.74) is -0.309. The Morgan fingerprint density at radius 2 is 1.81 bits per heavy atom. The molecule has 0 bridgehead atoms. The van der Waals surface area contributed by atoms with Crippen molar-refractivity contribution in [2.24, 2.45) is 0 Å². The molecule has 0 saturated heterocycles. The second-order valence-corrected chi connectivity index (χ2v) is 7.55. The van der Waals surface area contributed by atoms with Crippen LogP contribution in [0.3, 0.4) is 0 Å². The van der Waals surface area contributed by atoms with Gasteiger partial charge in [0.2, 0.25) is 5.91 Å². The van der Waals surface area contributed by atoms with Crippen LogP contribution in [0.25, 0.3) is 0 Å². The third-order valence-corrected chi connectivity index (χ3v) is 5.57. The highest BCUT2D eigenvalue weighted by Crippen LogP contribution is 2.35. The number of carbonyl (C=O) groups is 1. The van der Waals surface area contributed by atoms with Crippen LogP contribution in [0.15, 0.2) is 47.8 Å². The number of amides is 1. The summed E-state index contributed by atoms with van der Waals surface area (Å²) in [6.07, 6.45) is 1.69. The Balaban J connectivity index is 1.81. The van der Waals surface area contributed by atoms with E-state index in [2.05, 4.69) is 15.3 Å². The molecule has 1 amide bonds. The first-order valence-electron chi connectivity index (χ1n) is 8.86. The van der Waals surface area contributed by atoms with E-state index in [4.69, 9.17) is 0 Å². The molecule has 1 atom stereocenters. The van der Waals surface area contributed by atoms with Crippen LogP contribution < -0.4 is 5.32 Å². The van der Waals surface area contributed by atoms with Gasteiger partial charge < -0.3 is 5.32 Å². The molecule has 2 aromatic rings. The molecule has 8 heteroatoms. The molecule has 1 aliphatic rings. The average molecular weight is 395 g/mol. The summed E-state index contributed by atoms with van der Waals surface area (Å²) >= 11 is 0.935. The Bertz CT molecular complexity index is 764. The fourth-order valence-corrected chi connectivity index (χ4v) is 4.04. The molecule has 0 radical (unpaired) electrons. The van der Waals surface area contributed by atoms with Gasteiger partial charge in [-0.3, -0.25) is 4.79 Å². The minimum Gasteiger partial charge on any atom is -0.352 e. The van der Waals surface area contributed by atoms with Crippen molar-refractivity contribution in [1.82, 2.24) is 15.3 Å². The number of hydrogen-bond acceptors (Lipinski definition) is 4. The molecule has 4 nitrogen and oxygen atoms in total. The maximum absolute atomic E-state index is 12.9. The van der Waals surface area contributed by atoms with E-state index >= 15 is 0 Å². The second-order valence-electron chi connectivity index (χ2n) is 6.47. The van der Waals surface area contributed by atoms with Crippen LogP contribution in [0.1, 0.15) is 48.6 Å². The third-order valence-electron chi connectivity index (χ3n) is 4.44. The fraction of sp³-hybridized carbons (Fsp3) is 0.421. The quantitative estimate of drug-likeness (QED) is 0.585. The van der Waals surface area contributed by atoms with Crippen molar-refractivity contribution in [3.63, 3.8) is 0 Å².